The predicted molar refractivity (Wildman–Crippen MR) is 70.1 cm³/mol. The van der Waals surface area contributed by atoms with Gasteiger partial charge in [-0.05, 0) is 31.5 Å². The highest BCUT2D eigenvalue weighted by atomic mass is 15.1. The molecule has 1 N–H and O–H groups in total. The molecule has 0 radical (unpaired) electrons. The second-order valence-corrected chi connectivity index (χ2v) is 4.76. The van der Waals surface area contributed by atoms with Gasteiger partial charge in [0, 0.05) is 12.6 Å². The average molecular weight is 240 g/mol. The molecule has 1 aliphatic heterocycles. The van der Waals surface area contributed by atoms with E-state index in [1.165, 1.54) is 12.8 Å². The van der Waals surface area contributed by atoms with Crippen molar-refractivity contribution in [2.45, 2.75) is 31.8 Å². The van der Waals surface area contributed by atoms with E-state index in [0.717, 1.165) is 29.9 Å². The van der Waals surface area contributed by atoms with Crippen LogP contribution in [-0.4, -0.2) is 22.1 Å². The van der Waals surface area contributed by atoms with Crippen LogP contribution in [0.2, 0.25) is 0 Å². The lowest BCUT2D eigenvalue weighted by Gasteiger charge is -2.13. The van der Waals surface area contributed by atoms with Crippen LogP contribution in [0.4, 0.5) is 0 Å². The Kier molecular flexibility index (Phi) is 2.99. The quantitative estimate of drug-likeness (QED) is 0.890. The van der Waals surface area contributed by atoms with Crippen molar-refractivity contribution in [1.82, 2.24) is 14.9 Å². The van der Waals surface area contributed by atoms with E-state index in [0.29, 0.717) is 12.5 Å². The van der Waals surface area contributed by atoms with Crippen LogP contribution in [0.1, 0.15) is 18.7 Å². The summed E-state index contributed by atoms with van der Waals surface area (Å²) in [5, 5.41) is 12.4. The minimum Gasteiger partial charge on any atom is -0.326 e. The van der Waals surface area contributed by atoms with Crippen molar-refractivity contribution >= 4 is 11.0 Å². The monoisotopic (exact) mass is 240 g/mol. The number of imidazole rings is 1. The molecule has 0 bridgehead atoms. The Labute approximate surface area is 106 Å². The molecule has 1 aromatic heterocycles. The molecule has 0 amide bonds. The summed E-state index contributed by atoms with van der Waals surface area (Å²) in [4.78, 5) is 4.56. The Morgan fingerprint density at radius 2 is 2.33 bits per heavy atom. The van der Waals surface area contributed by atoms with Crippen molar-refractivity contribution in [3.8, 4) is 6.07 Å². The van der Waals surface area contributed by atoms with Gasteiger partial charge in [-0.1, -0.05) is 12.1 Å². The van der Waals surface area contributed by atoms with E-state index in [2.05, 4.69) is 27.0 Å². The molecule has 3 rings (SSSR count). The zero-order valence-electron chi connectivity index (χ0n) is 10.3. The molecule has 92 valence electrons. The number of nitrogens with one attached hydrogen (secondary N) is 1. The molecule has 2 aromatic rings. The maximum absolute atomic E-state index is 8.91. The first-order chi connectivity index (χ1) is 8.88. The van der Waals surface area contributed by atoms with Crippen molar-refractivity contribution in [3.05, 3.63) is 30.1 Å². The van der Waals surface area contributed by atoms with E-state index < -0.39 is 0 Å². The minimum absolute atomic E-state index is 0.376. The Balaban J connectivity index is 2.00. The van der Waals surface area contributed by atoms with Gasteiger partial charge >= 0.3 is 0 Å². The largest absolute Gasteiger partial charge is 0.326 e. The molecule has 0 spiro atoms. The molecule has 1 unspecified atom stereocenters. The van der Waals surface area contributed by atoms with Crippen LogP contribution in [0.3, 0.4) is 0 Å². The lowest BCUT2D eigenvalue weighted by atomic mass is 10.2. The van der Waals surface area contributed by atoms with E-state index in [1.807, 2.05) is 18.2 Å². The zero-order chi connectivity index (χ0) is 12.4. The molecule has 18 heavy (non-hydrogen) atoms. The molecule has 1 saturated heterocycles. The molecule has 0 aliphatic carbocycles. The number of rotatable bonds is 3. The van der Waals surface area contributed by atoms with Gasteiger partial charge in [-0.2, -0.15) is 5.26 Å². The first-order valence-corrected chi connectivity index (χ1v) is 6.43. The Bertz CT molecular complexity index is 587. The Morgan fingerprint density at radius 1 is 1.44 bits per heavy atom. The molecular formula is C14H16N4. The number of aromatic nitrogens is 2. The first kappa shape index (κ1) is 11.2. The van der Waals surface area contributed by atoms with Gasteiger partial charge in [-0.3, -0.25) is 0 Å². The fraction of sp³-hybridized carbons (Fsp3) is 0.429. The summed E-state index contributed by atoms with van der Waals surface area (Å²) in [6.07, 6.45) is 2.82. The number of nitriles is 1. The second-order valence-electron chi connectivity index (χ2n) is 4.76. The van der Waals surface area contributed by atoms with Gasteiger partial charge in [0.15, 0.2) is 0 Å². The highest BCUT2D eigenvalue weighted by Crippen LogP contribution is 2.18. The normalized spacial score (nSPS) is 19.2. The van der Waals surface area contributed by atoms with Gasteiger partial charge in [-0.25, -0.2) is 4.98 Å². The molecule has 1 aliphatic rings. The van der Waals surface area contributed by atoms with Gasteiger partial charge in [0.25, 0.3) is 0 Å². The van der Waals surface area contributed by atoms with E-state index >= 15 is 0 Å². The van der Waals surface area contributed by atoms with Crippen LogP contribution < -0.4 is 5.32 Å². The van der Waals surface area contributed by atoms with Crippen molar-refractivity contribution in [1.29, 1.82) is 5.26 Å². The topological polar surface area (TPSA) is 53.6 Å². The minimum atomic E-state index is 0.376. The van der Waals surface area contributed by atoms with Crippen molar-refractivity contribution in [2.24, 2.45) is 0 Å². The van der Waals surface area contributed by atoms with Gasteiger partial charge in [0.05, 0.1) is 23.5 Å². The maximum Gasteiger partial charge on any atom is 0.124 e. The third-order valence-electron chi connectivity index (χ3n) is 3.54. The van der Waals surface area contributed by atoms with Crippen LogP contribution in [0.15, 0.2) is 24.3 Å². The van der Waals surface area contributed by atoms with Gasteiger partial charge in [0.1, 0.15) is 5.82 Å². The van der Waals surface area contributed by atoms with Gasteiger partial charge in [0.2, 0.25) is 0 Å². The SMILES string of the molecule is N#CCc1nc2ccccc2n1CC1CCCN1. The third-order valence-corrected chi connectivity index (χ3v) is 3.54. The summed E-state index contributed by atoms with van der Waals surface area (Å²) in [6.45, 7) is 2.02. The number of nitrogens with zero attached hydrogens (tertiary/aromatic N) is 3. The van der Waals surface area contributed by atoms with E-state index in [-0.39, 0.29) is 0 Å². The lowest BCUT2D eigenvalue weighted by Crippen LogP contribution is -2.27. The smallest absolute Gasteiger partial charge is 0.124 e. The maximum atomic E-state index is 8.91. The summed E-state index contributed by atoms with van der Waals surface area (Å²) < 4.78 is 2.20. The third kappa shape index (κ3) is 1.98. The Morgan fingerprint density at radius 3 is 3.11 bits per heavy atom. The molecule has 1 aromatic carbocycles. The first-order valence-electron chi connectivity index (χ1n) is 6.43. The van der Waals surface area contributed by atoms with Crippen LogP contribution in [0.5, 0.6) is 0 Å². The van der Waals surface area contributed by atoms with Gasteiger partial charge in [-0.15, -0.1) is 0 Å². The summed E-state index contributed by atoms with van der Waals surface area (Å²) in [5.74, 6) is 0.882. The summed E-state index contributed by atoms with van der Waals surface area (Å²) in [7, 11) is 0. The van der Waals surface area contributed by atoms with E-state index in [4.69, 9.17) is 5.26 Å². The zero-order valence-corrected chi connectivity index (χ0v) is 10.3. The molecule has 1 atom stereocenters. The van der Waals surface area contributed by atoms with E-state index in [9.17, 15) is 0 Å². The van der Waals surface area contributed by atoms with Gasteiger partial charge < -0.3 is 9.88 Å². The highest BCUT2D eigenvalue weighted by Gasteiger charge is 2.18. The van der Waals surface area contributed by atoms with E-state index in [1.54, 1.807) is 0 Å². The molecule has 0 saturated carbocycles. The second kappa shape index (κ2) is 4.79. The van der Waals surface area contributed by atoms with Crippen molar-refractivity contribution in [3.63, 3.8) is 0 Å². The van der Waals surface area contributed by atoms with Crippen LogP contribution in [0.25, 0.3) is 11.0 Å². The van der Waals surface area contributed by atoms with Crippen molar-refractivity contribution in [2.75, 3.05) is 6.54 Å². The number of hydrogen-bond donors (Lipinski definition) is 1. The van der Waals surface area contributed by atoms with Crippen LogP contribution in [-0.2, 0) is 13.0 Å². The van der Waals surface area contributed by atoms with Crippen molar-refractivity contribution < 1.29 is 0 Å². The Hall–Kier alpha value is -1.86. The highest BCUT2D eigenvalue weighted by molar-refractivity contribution is 5.76. The summed E-state index contributed by atoms with van der Waals surface area (Å²) in [5.41, 5.74) is 2.12. The van der Waals surface area contributed by atoms with Crippen LogP contribution in [0, 0.1) is 11.3 Å². The number of benzene rings is 1. The predicted octanol–water partition coefficient (Wildman–Crippen LogP) is 1.85. The fourth-order valence-corrected chi connectivity index (χ4v) is 2.67. The number of para-hydroxylation sites is 2. The molecule has 1 fully saturated rings. The molecule has 4 nitrogen and oxygen atoms in total. The number of hydrogen-bond acceptors (Lipinski definition) is 3. The average Bonchev–Trinajstić information content (AvgIpc) is 3.00. The fourth-order valence-electron chi connectivity index (χ4n) is 2.67. The lowest BCUT2D eigenvalue weighted by molar-refractivity contribution is 0.508. The summed E-state index contributed by atoms with van der Waals surface area (Å²) in [6, 6.07) is 10.8. The standard InChI is InChI=1S/C14H16N4/c15-8-7-14-17-12-5-1-2-6-13(12)18(14)10-11-4-3-9-16-11/h1-2,5-6,11,16H,3-4,7,9-10H2. The van der Waals surface area contributed by atoms with Crippen LogP contribution >= 0.6 is 0 Å². The summed E-state index contributed by atoms with van der Waals surface area (Å²) >= 11 is 0. The number of fused-ring (bicyclic) bond motifs is 1. The molecular weight excluding hydrogens is 224 g/mol. The molecule has 4 heteroatoms. The molecule has 2 heterocycles.